The Morgan fingerprint density at radius 1 is 1.16 bits per heavy atom. The number of nitrogens with one attached hydrogen (secondary N) is 1. The van der Waals surface area contributed by atoms with Crippen molar-refractivity contribution >= 4 is 0 Å². The fraction of sp³-hybridized carbons (Fsp3) is 0.667. The minimum Gasteiger partial charge on any atom is -0.309 e. The van der Waals surface area contributed by atoms with Gasteiger partial charge in [0, 0.05) is 12.6 Å². The molecule has 3 aliphatic carbocycles. The summed E-state index contributed by atoms with van der Waals surface area (Å²) < 4.78 is 0. The molecule has 4 rings (SSSR count). The van der Waals surface area contributed by atoms with Gasteiger partial charge in [0.25, 0.3) is 0 Å². The molecule has 0 heterocycles. The van der Waals surface area contributed by atoms with Crippen molar-refractivity contribution in [3.05, 3.63) is 35.4 Å². The molecule has 1 N–H and O–H groups in total. The van der Waals surface area contributed by atoms with E-state index in [-0.39, 0.29) is 0 Å². The average Bonchev–Trinajstić information content (AvgIpc) is 3.23. The Balaban J connectivity index is 1.53. The van der Waals surface area contributed by atoms with Crippen LogP contribution in [0.15, 0.2) is 24.3 Å². The predicted octanol–water partition coefficient (Wildman–Crippen LogP) is 4.09. The first-order valence-corrected chi connectivity index (χ1v) is 7.92. The van der Waals surface area contributed by atoms with Crippen molar-refractivity contribution in [3.8, 4) is 0 Å². The van der Waals surface area contributed by atoms with Gasteiger partial charge in [-0.1, -0.05) is 38.1 Å². The maximum Gasteiger partial charge on any atom is 0.0377 e. The summed E-state index contributed by atoms with van der Waals surface area (Å²) in [6.45, 7) is 6.09. The van der Waals surface area contributed by atoms with Crippen LogP contribution in [0.25, 0.3) is 0 Å². The highest BCUT2D eigenvalue weighted by Crippen LogP contribution is 2.61. The molecule has 2 saturated carbocycles. The van der Waals surface area contributed by atoms with E-state index in [2.05, 4.69) is 43.4 Å². The van der Waals surface area contributed by atoms with Gasteiger partial charge < -0.3 is 5.32 Å². The van der Waals surface area contributed by atoms with E-state index in [1.165, 1.54) is 38.6 Å². The average molecular weight is 255 g/mol. The lowest BCUT2D eigenvalue weighted by molar-refractivity contribution is 0.246. The molecule has 0 saturated heterocycles. The van der Waals surface area contributed by atoms with E-state index < -0.39 is 0 Å². The van der Waals surface area contributed by atoms with Crippen molar-refractivity contribution in [2.24, 2.45) is 16.7 Å². The first-order chi connectivity index (χ1) is 9.11. The van der Waals surface area contributed by atoms with Crippen LogP contribution >= 0.6 is 0 Å². The Labute approximate surface area is 116 Å². The van der Waals surface area contributed by atoms with Gasteiger partial charge in [-0.05, 0) is 60.0 Å². The van der Waals surface area contributed by atoms with Crippen molar-refractivity contribution in [2.75, 3.05) is 6.54 Å². The smallest absolute Gasteiger partial charge is 0.0377 e. The summed E-state index contributed by atoms with van der Waals surface area (Å²) in [4.78, 5) is 0. The molecule has 1 aromatic carbocycles. The molecule has 0 amide bonds. The minimum absolute atomic E-state index is 0.364. The lowest BCUT2D eigenvalue weighted by atomic mass is 9.85. The van der Waals surface area contributed by atoms with E-state index in [0.29, 0.717) is 16.9 Å². The summed E-state index contributed by atoms with van der Waals surface area (Å²) in [6, 6.07) is 9.58. The van der Waals surface area contributed by atoms with Gasteiger partial charge in [-0.25, -0.2) is 0 Å². The molecule has 3 aliphatic rings. The lowest BCUT2D eigenvalue weighted by Gasteiger charge is -2.30. The number of hydrogen-bond donors (Lipinski definition) is 1. The zero-order valence-corrected chi connectivity index (χ0v) is 12.2. The molecular formula is C18H25N. The van der Waals surface area contributed by atoms with E-state index in [9.17, 15) is 0 Å². The highest BCUT2D eigenvalue weighted by molar-refractivity contribution is 5.37. The van der Waals surface area contributed by atoms with Crippen LogP contribution in [0, 0.1) is 16.7 Å². The highest BCUT2D eigenvalue weighted by atomic mass is 15.0. The zero-order chi connectivity index (χ0) is 13.1. The largest absolute Gasteiger partial charge is 0.309 e. The number of hydrogen-bond acceptors (Lipinski definition) is 1. The summed E-state index contributed by atoms with van der Waals surface area (Å²) in [7, 11) is 0. The van der Waals surface area contributed by atoms with Crippen molar-refractivity contribution in [1.29, 1.82) is 0 Å². The van der Waals surface area contributed by atoms with Crippen LogP contribution in [0.3, 0.4) is 0 Å². The van der Waals surface area contributed by atoms with Gasteiger partial charge >= 0.3 is 0 Å². The second-order valence-corrected chi connectivity index (χ2v) is 7.81. The van der Waals surface area contributed by atoms with Crippen molar-refractivity contribution in [3.63, 3.8) is 0 Å². The minimum atomic E-state index is 0.364. The molecule has 1 nitrogen and oxygen atoms in total. The SMILES string of the molecule is CC1(C)Cc2ccccc2C1NCC1(C2CC2)CC1. The van der Waals surface area contributed by atoms with Gasteiger partial charge in [0.15, 0.2) is 0 Å². The molecule has 0 aliphatic heterocycles. The Hall–Kier alpha value is -0.820. The zero-order valence-electron chi connectivity index (χ0n) is 12.2. The van der Waals surface area contributed by atoms with Crippen LogP contribution < -0.4 is 5.32 Å². The molecule has 0 aromatic heterocycles. The van der Waals surface area contributed by atoms with Gasteiger partial charge in [-0.2, -0.15) is 0 Å². The monoisotopic (exact) mass is 255 g/mol. The molecule has 1 atom stereocenters. The molecule has 1 heteroatoms. The summed E-state index contributed by atoms with van der Waals surface area (Å²) in [5.74, 6) is 1.06. The third-order valence-electron chi connectivity index (χ3n) is 5.79. The second-order valence-electron chi connectivity index (χ2n) is 7.81. The van der Waals surface area contributed by atoms with E-state index in [4.69, 9.17) is 0 Å². The molecule has 1 unspecified atom stereocenters. The van der Waals surface area contributed by atoms with Crippen LogP contribution in [0.4, 0.5) is 0 Å². The Morgan fingerprint density at radius 3 is 2.58 bits per heavy atom. The fourth-order valence-electron chi connectivity index (χ4n) is 4.27. The maximum absolute atomic E-state index is 3.95. The molecular weight excluding hydrogens is 230 g/mol. The molecule has 102 valence electrons. The summed E-state index contributed by atoms with van der Waals surface area (Å²) >= 11 is 0. The first-order valence-electron chi connectivity index (χ1n) is 7.92. The van der Waals surface area contributed by atoms with Gasteiger partial charge in [-0.15, -0.1) is 0 Å². The Kier molecular flexibility index (Phi) is 2.42. The topological polar surface area (TPSA) is 12.0 Å². The highest BCUT2D eigenvalue weighted by Gasteiger charge is 2.54. The summed E-state index contributed by atoms with van der Waals surface area (Å²) in [5, 5.41) is 3.95. The van der Waals surface area contributed by atoms with Crippen LogP contribution in [0.1, 0.15) is 56.7 Å². The molecule has 1 aromatic rings. The molecule has 19 heavy (non-hydrogen) atoms. The van der Waals surface area contributed by atoms with Crippen LogP contribution in [-0.2, 0) is 6.42 Å². The molecule has 2 fully saturated rings. The van der Waals surface area contributed by atoms with Crippen molar-refractivity contribution in [2.45, 2.75) is 52.0 Å². The Morgan fingerprint density at radius 2 is 1.89 bits per heavy atom. The van der Waals surface area contributed by atoms with Crippen LogP contribution in [0.2, 0.25) is 0 Å². The van der Waals surface area contributed by atoms with E-state index >= 15 is 0 Å². The van der Waals surface area contributed by atoms with E-state index in [0.717, 1.165) is 5.92 Å². The second kappa shape index (κ2) is 3.85. The maximum atomic E-state index is 3.95. The first kappa shape index (κ1) is 12.0. The standard InChI is InChI=1S/C18H25N/c1-17(2)11-13-5-3-4-6-15(13)16(17)19-12-18(9-10-18)14-7-8-14/h3-6,14,16,19H,7-12H2,1-2H3. The van der Waals surface area contributed by atoms with Gasteiger partial charge in [0.2, 0.25) is 0 Å². The molecule has 0 bridgehead atoms. The van der Waals surface area contributed by atoms with E-state index in [1.807, 2.05) is 0 Å². The number of rotatable bonds is 4. The van der Waals surface area contributed by atoms with Crippen molar-refractivity contribution in [1.82, 2.24) is 5.32 Å². The van der Waals surface area contributed by atoms with E-state index in [1.54, 1.807) is 11.1 Å². The number of fused-ring (bicyclic) bond motifs is 1. The fourth-order valence-corrected chi connectivity index (χ4v) is 4.27. The normalized spacial score (nSPS) is 30.1. The van der Waals surface area contributed by atoms with Crippen LogP contribution in [0.5, 0.6) is 0 Å². The quantitative estimate of drug-likeness (QED) is 0.854. The lowest BCUT2D eigenvalue weighted by Crippen LogP contribution is -2.35. The predicted molar refractivity (Wildman–Crippen MR) is 79.1 cm³/mol. The van der Waals surface area contributed by atoms with Gasteiger partial charge in [0.05, 0.1) is 0 Å². The van der Waals surface area contributed by atoms with Crippen molar-refractivity contribution < 1.29 is 0 Å². The molecule has 0 spiro atoms. The van der Waals surface area contributed by atoms with Crippen LogP contribution in [-0.4, -0.2) is 6.54 Å². The number of benzene rings is 1. The summed E-state index contributed by atoms with van der Waals surface area (Å²) in [5.41, 5.74) is 4.18. The summed E-state index contributed by atoms with van der Waals surface area (Å²) in [6.07, 6.45) is 7.15. The van der Waals surface area contributed by atoms with Gasteiger partial charge in [0.1, 0.15) is 0 Å². The molecule has 0 radical (unpaired) electrons. The third-order valence-corrected chi connectivity index (χ3v) is 5.79. The Bertz CT molecular complexity index is 494. The van der Waals surface area contributed by atoms with Gasteiger partial charge in [-0.3, -0.25) is 0 Å². The third kappa shape index (κ3) is 1.94.